The predicted molar refractivity (Wildman–Crippen MR) is 98.7 cm³/mol. The number of hydrogen-bond donors (Lipinski definition) is 1. The molecule has 0 spiro atoms. The highest BCUT2D eigenvalue weighted by molar-refractivity contribution is 8.00. The summed E-state index contributed by atoms with van der Waals surface area (Å²) in [6, 6.07) is 14.1. The third-order valence-corrected chi connectivity index (χ3v) is 5.80. The summed E-state index contributed by atoms with van der Waals surface area (Å²) in [5, 5.41) is 3.52. The number of thioether (sulfide) groups is 1. The topological polar surface area (TPSA) is 32.3 Å². The summed E-state index contributed by atoms with van der Waals surface area (Å²) in [6.45, 7) is 7.02. The van der Waals surface area contributed by atoms with Crippen molar-refractivity contribution < 1.29 is 4.79 Å². The molecule has 0 aromatic heterocycles. The van der Waals surface area contributed by atoms with Crippen molar-refractivity contribution in [1.29, 1.82) is 0 Å². The minimum Gasteiger partial charge on any atom is -0.307 e. The van der Waals surface area contributed by atoms with Crippen molar-refractivity contribution in [3.8, 4) is 0 Å². The van der Waals surface area contributed by atoms with E-state index >= 15 is 0 Å². The maximum Gasteiger partial charge on any atom is 0.326 e. The highest BCUT2D eigenvalue weighted by atomic mass is 32.2. The summed E-state index contributed by atoms with van der Waals surface area (Å²) in [5.41, 5.74) is 4.19. The second-order valence-corrected chi connectivity index (χ2v) is 7.25. The molecule has 2 amide bonds. The fourth-order valence-corrected chi connectivity index (χ4v) is 3.98. The monoisotopic (exact) mass is 326 g/mol. The largest absolute Gasteiger partial charge is 0.326 e. The minimum atomic E-state index is -0.0510. The number of rotatable bonds is 2. The van der Waals surface area contributed by atoms with Gasteiger partial charge in [-0.15, -0.1) is 11.8 Å². The van der Waals surface area contributed by atoms with Crippen molar-refractivity contribution >= 4 is 29.2 Å². The van der Waals surface area contributed by atoms with E-state index in [1.807, 2.05) is 53.9 Å². The van der Waals surface area contributed by atoms with Crippen LogP contribution in [-0.2, 0) is 0 Å². The van der Waals surface area contributed by atoms with Crippen LogP contribution in [0.3, 0.4) is 0 Å². The Kier molecular flexibility index (Phi) is 4.62. The van der Waals surface area contributed by atoms with Gasteiger partial charge in [-0.3, -0.25) is 4.90 Å². The van der Waals surface area contributed by atoms with E-state index in [0.717, 1.165) is 29.9 Å². The molecular formula is C19H22N2OS. The maximum atomic E-state index is 12.9. The first-order chi connectivity index (χ1) is 11.1. The number of fused-ring (bicyclic) bond motifs is 1. The Hall–Kier alpha value is -1.94. The summed E-state index contributed by atoms with van der Waals surface area (Å²) < 4.78 is 0. The third-order valence-electron chi connectivity index (χ3n) is 4.38. The van der Waals surface area contributed by atoms with Crippen LogP contribution in [0.5, 0.6) is 0 Å². The Balaban J connectivity index is 1.88. The van der Waals surface area contributed by atoms with Gasteiger partial charge >= 0.3 is 6.03 Å². The van der Waals surface area contributed by atoms with Crippen LogP contribution >= 0.6 is 11.8 Å². The van der Waals surface area contributed by atoms with Gasteiger partial charge in [0, 0.05) is 22.4 Å². The minimum absolute atomic E-state index is 0.0510. The van der Waals surface area contributed by atoms with Crippen LogP contribution in [-0.4, -0.2) is 17.8 Å². The fourth-order valence-electron chi connectivity index (χ4n) is 2.77. The molecule has 1 aliphatic rings. The van der Waals surface area contributed by atoms with E-state index in [1.165, 1.54) is 10.5 Å². The van der Waals surface area contributed by atoms with E-state index in [0.29, 0.717) is 5.25 Å². The molecule has 1 N–H and O–H groups in total. The van der Waals surface area contributed by atoms with Crippen LogP contribution in [0.25, 0.3) is 0 Å². The van der Waals surface area contributed by atoms with Crippen molar-refractivity contribution in [3.63, 3.8) is 0 Å². The standard InChI is InChI=1S/C19H22N2OS/c1-4-15-12-21(17-10-5-6-11-18(17)23-15)19(22)20-16-9-7-8-13(2)14(16)3/h5-11,15H,4,12H2,1-3H3,(H,20,22). The van der Waals surface area contributed by atoms with E-state index in [2.05, 4.69) is 31.3 Å². The van der Waals surface area contributed by atoms with Gasteiger partial charge in [0.05, 0.1) is 5.69 Å². The highest BCUT2D eigenvalue weighted by Gasteiger charge is 2.28. The van der Waals surface area contributed by atoms with Gasteiger partial charge in [-0.2, -0.15) is 0 Å². The molecule has 0 radical (unpaired) electrons. The second-order valence-electron chi connectivity index (χ2n) is 5.90. The molecule has 4 heteroatoms. The van der Waals surface area contributed by atoms with Crippen LogP contribution in [0.2, 0.25) is 0 Å². The molecule has 1 atom stereocenters. The number of carbonyl (C=O) groups is 1. The van der Waals surface area contributed by atoms with Gasteiger partial charge in [0.2, 0.25) is 0 Å². The van der Waals surface area contributed by atoms with Gasteiger partial charge in [0.1, 0.15) is 0 Å². The Bertz CT molecular complexity index is 729. The molecule has 0 saturated heterocycles. The number of benzene rings is 2. The summed E-state index contributed by atoms with van der Waals surface area (Å²) in [6.07, 6.45) is 1.05. The molecule has 23 heavy (non-hydrogen) atoms. The molecule has 1 unspecified atom stereocenters. The average Bonchev–Trinajstić information content (AvgIpc) is 2.57. The van der Waals surface area contributed by atoms with Crippen molar-refractivity contribution in [2.45, 2.75) is 37.3 Å². The quantitative estimate of drug-likeness (QED) is 0.820. The Labute approximate surface area is 142 Å². The van der Waals surface area contributed by atoms with Crippen molar-refractivity contribution in [2.24, 2.45) is 0 Å². The summed E-state index contributed by atoms with van der Waals surface area (Å²) in [7, 11) is 0. The van der Waals surface area contributed by atoms with Gasteiger partial charge in [-0.05, 0) is 49.6 Å². The SMILES string of the molecule is CCC1CN(C(=O)Nc2cccc(C)c2C)c2ccccc2S1. The number of anilines is 2. The number of nitrogens with one attached hydrogen (secondary N) is 1. The molecular weight excluding hydrogens is 304 g/mol. The molecule has 0 saturated carbocycles. The second kappa shape index (κ2) is 6.67. The zero-order valence-electron chi connectivity index (χ0n) is 13.8. The predicted octanol–water partition coefficient (Wildman–Crippen LogP) is 5.23. The number of para-hydroxylation sites is 1. The Morgan fingerprint density at radius 2 is 2.00 bits per heavy atom. The fraction of sp³-hybridized carbons (Fsp3) is 0.316. The molecule has 2 aromatic carbocycles. The van der Waals surface area contributed by atoms with Crippen molar-refractivity contribution in [3.05, 3.63) is 53.6 Å². The molecule has 3 rings (SSSR count). The lowest BCUT2D eigenvalue weighted by Gasteiger charge is -2.33. The van der Waals surface area contributed by atoms with Crippen molar-refractivity contribution in [1.82, 2.24) is 0 Å². The number of urea groups is 1. The van der Waals surface area contributed by atoms with Gasteiger partial charge in [0.25, 0.3) is 0 Å². The molecule has 0 bridgehead atoms. The van der Waals surface area contributed by atoms with Crippen LogP contribution in [0.15, 0.2) is 47.4 Å². The molecule has 3 nitrogen and oxygen atoms in total. The molecule has 0 aliphatic carbocycles. The lowest BCUT2D eigenvalue weighted by atomic mass is 10.1. The van der Waals surface area contributed by atoms with Crippen LogP contribution in [0.4, 0.5) is 16.2 Å². The first-order valence-electron chi connectivity index (χ1n) is 8.00. The first-order valence-corrected chi connectivity index (χ1v) is 8.88. The normalized spacial score (nSPS) is 16.8. The molecule has 2 aromatic rings. The molecule has 0 fully saturated rings. The maximum absolute atomic E-state index is 12.9. The summed E-state index contributed by atoms with van der Waals surface area (Å²) in [4.78, 5) is 15.9. The third kappa shape index (κ3) is 3.22. The Morgan fingerprint density at radius 1 is 1.22 bits per heavy atom. The Morgan fingerprint density at radius 3 is 2.78 bits per heavy atom. The molecule has 1 aliphatic heterocycles. The van der Waals surface area contributed by atoms with Gasteiger partial charge in [-0.25, -0.2) is 4.79 Å². The van der Waals surface area contributed by atoms with Crippen LogP contribution in [0.1, 0.15) is 24.5 Å². The molecule has 120 valence electrons. The first kappa shape index (κ1) is 15.9. The number of hydrogen-bond acceptors (Lipinski definition) is 2. The number of amides is 2. The number of aryl methyl sites for hydroxylation is 1. The van der Waals surface area contributed by atoms with E-state index in [4.69, 9.17) is 0 Å². The van der Waals surface area contributed by atoms with E-state index in [1.54, 1.807) is 0 Å². The summed E-state index contributed by atoms with van der Waals surface area (Å²) >= 11 is 1.87. The average molecular weight is 326 g/mol. The summed E-state index contributed by atoms with van der Waals surface area (Å²) in [5.74, 6) is 0. The van der Waals surface area contributed by atoms with E-state index in [9.17, 15) is 4.79 Å². The smallest absolute Gasteiger partial charge is 0.307 e. The zero-order valence-corrected chi connectivity index (χ0v) is 14.6. The van der Waals surface area contributed by atoms with E-state index in [-0.39, 0.29) is 6.03 Å². The van der Waals surface area contributed by atoms with E-state index < -0.39 is 0 Å². The zero-order chi connectivity index (χ0) is 16.4. The lowest BCUT2D eigenvalue weighted by Crippen LogP contribution is -2.42. The number of carbonyl (C=O) groups excluding carboxylic acids is 1. The number of nitrogens with zero attached hydrogens (tertiary/aromatic N) is 1. The van der Waals surface area contributed by atoms with Gasteiger partial charge in [0.15, 0.2) is 0 Å². The van der Waals surface area contributed by atoms with Crippen LogP contribution in [0, 0.1) is 13.8 Å². The van der Waals surface area contributed by atoms with Gasteiger partial charge in [-0.1, -0.05) is 31.2 Å². The molecule has 1 heterocycles. The van der Waals surface area contributed by atoms with Crippen LogP contribution < -0.4 is 10.2 Å². The highest BCUT2D eigenvalue weighted by Crippen LogP contribution is 2.39. The van der Waals surface area contributed by atoms with Crippen molar-refractivity contribution in [2.75, 3.05) is 16.8 Å². The lowest BCUT2D eigenvalue weighted by molar-refractivity contribution is 0.256. The van der Waals surface area contributed by atoms with Gasteiger partial charge < -0.3 is 5.32 Å².